The standard InChI is InChI=1S/C29H37F3N2O3S/c1-20(2)33-25-13-14-27(23(18-25)19-38(36,37)26-9-4-3-5-10-26)34-16-15-22(28(34)35)12-11-21-7-6-8-24(17-21)29(30,31)32/h3-10,17,20,22-23,25,27,33H,11-16,18-19H2,1-2H3/t22-,23+,25?,27+/m1/s1. The number of hydrogen-bond donors (Lipinski definition) is 1. The van der Waals surface area contributed by atoms with Crippen LogP contribution in [0, 0.1) is 11.8 Å². The molecule has 2 aliphatic rings. The minimum Gasteiger partial charge on any atom is -0.339 e. The molecule has 1 amide bonds. The fraction of sp³-hybridized carbons (Fsp3) is 0.552. The van der Waals surface area contributed by atoms with Crippen LogP contribution in [0.4, 0.5) is 13.2 Å². The minimum absolute atomic E-state index is 0.000598. The van der Waals surface area contributed by atoms with Gasteiger partial charge in [-0.1, -0.05) is 50.2 Å². The van der Waals surface area contributed by atoms with E-state index in [0.717, 1.165) is 25.0 Å². The molecular weight excluding hydrogens is 513 g/mol. The molecule has 0 spiro atoms. The molecule has 9 heteroatoms. The Kier molecular flexibility index (Phi) is 8.87. The molecule has 5 nitrogen and oxygen atoms in total. The van der Waals surface area contributed by atoms with E-state index in [1.807, 2.05) is 4.90 Å². The van der Waals surface area contributed by atoms with E-state index < -0.39 is 21.6 Å². The summed E-state index contributed by atoms with van der Waals surface area (Å²) in [4.78, 5) is 15.6. The first kappa shape index (κ1) is 28.6. The Morgan fingerprint density at radius 1 is 1.03 bits per heavy atom. The number of alkyl halides is 3. The Morgan fingerprint density at radius 2 is 1.76 bits per heavy atom. The molecule has 0 bridgehead atoms. The largest absolute Gasteiger partial charge is 0.416 e. The summed E-state index contributed by atoms with van der Waals surface area (Å²) in [5.41, 5.74) is -0.109. The Morgan fingerprint density at radius 3 is 2.45 bits per heavy atom. The van der Waals surface area contributed by atoms with Crippen molar-refractivity contribution in [1.29, 1.82) is 0 Å². The number of amides is 1. The zero-order valence-corrected chi connectivity index (χ0v) is 22.8. The average molecular weight is 551 g/mol. The minimum atomic E-state index is -4.39. The maximum absolute atomic E-state index is 13.5. The van der Waals surface area contributed by atoms with Gasteiger partial charge in [0.05, 0.1) is 16.2 Å². The second kappa shape index (κ2) is 11.8. The summed E-state index contributed by atoms with van der Waals surface area (Å²) in [5.74, 6) is -0.477. The zero-order valence-electron chi connectivity index (χ0n) is 22.0. The van der Waals surface area contributed by atoms with Crippen LogP contribution in [-0.4, -0.2) is 49.6 Å². The van der Waals surface area contributed by atoms with Crippen LogP contribution in [0.1, 0.15) is 57.1 Å². The molecule has 4 atom stereocenters. The van der Waals surface area contributed by atoms with Crippen LogP contribution in [0.3, 0.4) is 0 Å². The lowest BCUT2D eigenvalue weighted by molar-refractivity contribution is -0.137. The number of nitrogens with one attached hydrogen (secondary N) is 1. The highest BCUT2D eigenvalue weighted by atomic mass is 32.2. The van der Waals surface area contributed by atoms with Gasteiger partial charge in [0.1, 0.15) is 0 Å². The van der Waals surface area contributed by atoms with Crippen molar-refractivity contribution in [3.8, 4) is 0 Å². The van der Waals surface area contributed by atoms with E-state index in [-0.39, 0.29) is 41.6 Å². The lowest BCUT2D eigenvalue weighted by atomic mass is 9.81. The van der Waals surface area contributed by atoms with Crippen molar-refractivity contribution in [3.05, 3.63) is 65.7 Å². The van der Waals surface area contributed by atoms with Crippen LogP contribution in [-0.2, 0) is 27.2 Å². The number of hydrogen-bond acceptors (Lipinski definition) is 4. The maximum atomic E-state index is 13.5. The van der Waals surface area contributed by atoms with Crippen LogP contribution in [0.5, 0.6) is 0 Å². The highest BCUT2D eigenvalue weighted by Crippen LogP contribution is 2.36. The third-order valence-corrected chi connectivity index (χ3v) is 9.69. The van der Waals surface area contributed by atoms with Gasteiger partial charge in [-0.2, -0.15) is 13.2 Å². The highest BCUT2D eigenvalue weighted by molar-refractivity contribution is 7.91. The molecule has 1 aliphatic heterocycles. The molecule has 208 valence electrons. The van der Waals surface area contributed by atoms with Gasteiger partial charge >= 0.3 is 6.18 Å². The number of carbonyl (C=O) groups is 1. The Hall–Kier alpha value is -2.39. The molecule has 1 N–H and O–H groups in total. The normalized spacial score (nSPS) is 24.8. The van der Waals surface area contributed by atoms with Crippen LogP contribution in [0.15, 0.2) is 59.5 Å². The molecule has 1 saturated heterocycles. The van der Waals surface area contributed by atoms with Crippen molar-refractivity contribution in [2.45, 2.75) is 81.6 Å². The van der Waals surface area contributed by atoms with Crippen molar-refractivity contribution in [1.82, 2.24) is 10.2 Å². The molecule has 1 unspecified atom stereocenters. The van der Waals surface area contributed by atoms with Gasteiger partial charge in [0.15, 0.2) is 9.84 Å². The molecular formula is C29H37F3N2O3S. The topological polar surface area (TPSA) is 66.5 Å². The monoisotopic (exact) mass is 550 g/mol. The first-order chi connectivity index (χ1) is 17.9. The smallest absolute Gasteiger partial charge is 0.339 e. The van der Waals surface area contributed by atoms with Gasteiger partial charge in [0.2, 0.25) is 5.91 Å². The molecule has 1 heterocycles. The first-order valence-electron chi connectivity index (χ1n) is 13.4. The summed E-state index contributed by atoms with van der Waals surface area (Å²) in [6, 6.07) is 14.0. The number of nitrogens with zero attached hydrogens (tertiary/aromatic N) is 1. The van der Waals surface area contributed by atoms with E-state index in [1.54, 1.807) is 36.4 Å². The van der Waals surface area contributed by atoms with Gasteiger partial charge in [-0.25, -0.2) is 8.42 Å². The summed E-state index contributed by atoms with van der Waals surface area (Å²) in [5, 5.41) is 3.54. The van der Waals surface area contributed by atoms with Gasteiger partial charge in [0, 0.05) is 30.6 Å². The van der Waals surface area contributed by atoms with Crippen molar-refractivity contribution in [3.63, 3.8) is 0 Å². The quantitative estimate of drug-likeness (QED) is 0.448. The van der Waals surface area contributed by atoms with Gasteiger partial charge in [-0.05, 0) is 68.2 Å². The summed E-state index contributed by atoms with van der Waals surface area (Å²) in [6.07, 6.45) is -0.615. The number of aryl methyl sites for hydroxylation is 1. The molecule has 38 heavy (non-hydrogen) atoms. The van der Waals surface area contributed by atoms with Gasteiger partial charge in [-0.15, -0.1) is 0 Å². The average Bonchev–Trinajstić information content (AvgIpc) is 3.22. The zero-order chi connectivity index (χ0) is 27.5. The Balaban J connectivity index is 1.46. The van der Waals surface area contributed by atoms with Crippen LogP contribution in [0.25, 0.3) is 0 Å². The van der Waals surface area contributed by atoms with Crippen LogP contribution < -0.4 is 5.32 Å². The summed E-state index contributed by atoms with van der Waals surface area (Å²) < 4.78 is 65.8. The van der Waals surface area contributed by atoms with Gasteiger partial charge in [0.25, 0.3) is 0 Å². The molecule has 4 rings (SSSR count). The Labute approximate surface area is 223 Å². The number of rotatable bonds is 9. The molecule has 1 saturated carbocycles. The summed E-state index contributed by atoms with van der Waals surface area (Å²) in [6.45, 7) is 4.70. The predicted octanol–water partition coefficient (Wildman–Crippen LogP) is 5.50. The summed E-state index contributed by atoms with van der Waals surface area (Å²) in [7, 11) is -3.53. The van der Waals surface area contributed by atoms with E-state index in [4.69, 9.17) is 0 Å². The van der Waals surface area contributed by atoms with Gasteiger partial charge < -0.3 is 10.2 Å². The molecule has 2 aromatic carbocycles. The first-order valence-corrected chi connectivity index (χ1v) is 15.1. The fourth-order valence-electron chi connectivity index (χ4n) is 6.07. The van der Waals surface area contributed by atoms with E-state index in [0.29, 0.717) is 42.7 Å². The molecule has 1 aliphatic carbocycles. The van der Waals surface area contributed by atoms with Crippen molar-refractivity contribution in [2.24, 2.45) is 11.8 Å². The van der Waals surface area contributed by atoms with E-state index in [9.17, 15) is 26.4 Å². The van der Waals surface area contributed by atoms with Gasteiger partial charge in [-0.3, -0.25) is 4.79 Å². The van der Waals surface area contributed by atoms with Crippen molar-refractivity contribution in [2.75, 3.05) is 12.3 Å². The maximum Gasteiger partial charge on any atom is 0.416 e. The van der Waals surface area contributed by atoms with Crippen molar-refractivity contribution >= 4 is 15.7 Å². The lowest BCUT2D eigenvalue weighted by Gasteiger charge is -2.42. The fourth-order valence-corrected chi connectivity index (χ4v) is 7.76. The number of sulfone groups is 1. The number of likely N-dealkylation sites (tertiary alicyclic amines) is 1. The third-order valence-electron chi connectivity index (χ3n) is 7.83. The van der Waals surface area contributed by atoms with Crippen molar-refractivity contribution < 1.29 is 26.4 Å². The summed E-state index contributed by atoms with van der Waals surface area (Å²) >= 11 is 0. The lowest BCUT2D eigenvalue weighted by Crippen LogP contribution is -2.51. The highest BCUT2D eigenvalue weighted by Gasteiger charge is 2.43. The Bertz CT molecular complexity index is 1200. The van der Waals surface area contributed by atoms with Crippen LogP contribution >= 0.6 is 0 Å². The molecule has 2 aromatic rings. The molecule has 0 radical (unpaired) electrons. The second-order valence-corrected chi connectivity index (χ2v) is 13.0. The number of benzene rings is 2. The second-order valence-electron chi connectivity index (χ2n) is 11.0. The predicted molar refractivity (Wildman–Crippen MR) is 141 cm³/mol. The van der Waals surface area contributed by atoms with E-state index >= 15 is 0 Å². The molecule has 2 fully saturated rings. The number of carbonyl (C=O) groups excluding carboxylic acids is 1. The van der Waals surface area contributed by atoms with E-state index in [2.05, 4.69) is 19.2 Å². The van der Waals surface area contributed by atoms with E-state index in [1.165, 1.54) is 6.07 Å². The van der Waals surface area contributed by atoms with Crippen LogP contribution in [0.2, 0.25) is 0 Å². The number of halogens is 3. The third kappa shape index (κ3) is 6.97. The SMILES string of the molecule is CC(C)NC1CC[C@H](N2CC[C@@H](CCc3cccc(C(F)(F)F)c3)C2=O)[C@H](CS(=O)(=O)c2ccccc2)C1. The molecule has 0 aromatic heterocycles.